The summed E-state index contributed by atoms with van der Waals surface area (Å²) in [5.41, 5.74) is 0. The molecule has 0 radical (unpaired) electrons. The van der Waals surface area contributed by atoms with Gasteiger partial charge < -0.3 is 0 Å². The molecule has 0 saturated carbocycles. The van der Waals surface area contributed by atoms with Crippen LogP contribution in [0.25, 0.3) is 35.2 Å². The van der Waals surface area contributed by atoms with E-state index in [4.69, 9.17) is 0 Å². The zero-order valence-corrected chi connectivity index (χ0v) is 21.9. The Morgan fingerprint density at radius 3 is 0.875 bits per heavy atom. The molecule has 2 aromatic carbocycles. The quantitative estimate of drug-likeness (QED) is 0.204. The molecule has 6 aromatic rings. The van der Waals surface area contributed by atoms with Gasteiger partial charge in [0.15, 0.2) is 0 Å². The molecule has 0 N–H and O–H groups in total. The van der Waals surface area contributed by atoms with Gasteiger partial charge in [-0.25, -0.2) is 0 Å². The number of benzene rings is 2. The number of hydrogen-bond donors (Lipinski definition) is 0. The van der Waals surface area contributed by atoms with E-state index in [0.29, 0.717) is 0 Å². The van der Waals surface area contributed by atoms with Crippen LogP contribution in [-0.4, -0.2) is 81.7 Å². The first kappa shape index (κ1) is 16.7. The third-order valence-corrected chi connectivity index (χ3v) is 14.1. The van der Waals surface area contributed by atoms with Gasteiger partial charge in [-0.3, -0.25) is 0 Å². The average molecular weight is 763 g/mol. The van der Waals surface area contributed by atoms with E-state index in [2.05, 4.69) is 64.9 Å². The van der Waals surface area contributed by atoms with E-state index in [1.165, 1.54) is 21.5 Å². The van der Waals surface area contributed by atoms with Crippen molar-refractivity contribution in [3.63, 3.8) is 0 Å². The molecule has 4 aromatic heterocycles. The molecule has 0 unspecified atom stereocenters. The maximum atomic E-state index is 2.42. The molecule has 24 heavy (non-hydrogen) atoms. The number of rotatable bonds is 0. The normalized spacial score (nSPS) is 11.3. The first-order chi connectivity index (χ1) is 11.9. The van der Waals surface area contributed by atoms with Crippen LogP contribution in [-0.2, 0) is 0 Å². The minimum atomic E-state index is 0.0471. The van der Waals surface area contributed by atoms with Gasteiger partial charge in [0.25, 0.3) is 0 Å². The van der Waals surface area contributed by atoms with Crippen molar-refractivity contribution in [3.8, 4) is 0 Å². The monoisotopic (exact) mass is 772 g/mol. The van der Waals surface area contributed by atoms with Gasteiger partial charge in [-0.2, -0.15) is 0 Å². The molecule has 0 aliphatic rings. The van der Waals surface area contributed by atoms with Gasteiger partial charge in [0.2, 0.25) is 0 Å². The van der Waals surface area contributed by atoms with Crippen molar-refractivity contribution in [2.24, 2.45) is 0 Å². The van der Waals surface area contributed by atoms with Crippen LogP contribution in [0.4, 0.5) is 0 Å². The molecular formula is C20H12Te4. The van der Waals surface area contributed by atoms with E-state index in [1.54, 1.807) is 13.6 Å². The molecule has 116 valence electrons. The Morgan fingerprint density at radius 2 is 0.625 bits per heavy atom. The summed E-state index contributed by atoms with van der Waals surface area (Å²) in [4.78, 5) is 0. The standard InChI is InChI=1S/2C10H6Te2/c2*1-3-11-9-6-8-2-4-12-10(8)5-7(1)9/h2*1-6H. The van der Waals surface area contributed by atoms with Crippen molar-refractivity contribution in [2.45, 2.75) is 0 Å². The molecule has 0 fully saturated rings. The second-order valence-corrected chi connectivity index (χ2v) is 16.4. The fourth-order valence-electron chi connectivity index (χ4n) is 2.83. The van der Waals surface area contributed by atoms with E-state index < -0.39 is 0 Å². The van der Waals surface area contributed by atoms with Gasteiger partial charge in [0.05, 0.1) is 0 Å². The molecule has 0 aliphatic heterocycles. The molecular weight excluding hydrogens is 751 g/mol. The predicted octanol–water partition coefficient (Wildman–Crippen LogP) is 4.21. The van der Waals surface area contributed by atoms with Gasteiger partial charge in [-0.1, -0.05) is 0 Å². The van der Waals surface area contributed by atoms with E-state index in [9.17, 15) is 0 Å². The Bertz CT molecular complexity index is 980. The van der Waals surface area contributed by atoms with Crippen LogP contribution >= 0.6 is 0 Å². The minimum absolute atomic E-state index is 0.0471. The van der Waals surface area contributed by atoms with Gasteiger partial charge >= 0.3 is 182 Å². The summed E-state index contributed by atoms with van der Waals surface area (Å²) in [5, 5.41) is 6.07. The molecule has 0 atom stereocenters. The first-order valence-corrected chi connectivity index (χ1v) is 17.6. The fourth-order valence-corrected chi connectivity index (χ4v) is 12.2. The summed E-state index contributed by atoms with van der Waals surface area (Å²) < 4.78 is 16.1. The molecule has 0 nitrogen and oxygen atoms in total. The average Bonchev–Trinajstić information content (AvgIpc) is 3.35. The number of hydrogen-bond acceptors (Lipinski definition) is 0. The van der Waals surface area contributed by atoms with Gasteiger partial charge in [-0.05, 0) is 0 Å². The van der Waals surface area contributed by atoms with Crippen LogP contribution in [0.5, 0.6) is 0 Å². The SMILES string of the molecule is c1cc2cc3[te]ccc3cc2[te]1.c1cc2cc3[te]ccc3cc2[te]1. The zero-order valence-electron chi connectivity index (χ0n) is 12.6. The Labute approximate surface area is 179 Å². The first-order valence-electron chi connectivity index (χ1n) is 7.56. The Balaban J connectivity index is 0.000000109. The van der Waals surface area contributed by atoms with Gasteiger partial charge in [0.1, 0.15) is 0 Å². The molecule has 0 aliphatic carbocycles. The second kappa shape index (κ2) is 7.29. The summed E-state index contributed by atoms with van der Waals surface area (Å²) in [6.07, 6.45) is 0. The molecule has 0 amide bonds. The van der Waals surface area contributed by atoms with Crippen LogP contribution in [0.15, 0.2) is 64.9 Å². The zero-order chi connectivity index (χ0) is 15.9. The van der Waals surface area contributed by atoms with Crippen molar-refractivity contribution in [1.82, 2.24) is 0 Å². The Kier molecular flexibility index (Phi) is 5.07. The Hall–Kier alpha value is 0.558. The predicted molar refractivity (Wildman–Crippen MR) is 111 cm³/mol. The summed E-state index contributed by atoms with van der Waals surface area (Å²) >= 11 is 0.188. The molecule has 0 saturated heterocycles. The van der Waals surface area contributed by atoms with Crippen LogP contribution in [0.2, 0.25) is 0 Å². The molecule has 4 heteroatoms. The second-order valence-electron chi connectivity index (χ2n) is 5.54. The van der Waals surface area contributed by atoms with Crippen LogP contribution in [0.1, 0.15) is 0 Å². The summed E-state index contributed by atoms with van der Waals surface area (Å²) in [6.45, 7) is 0. The van der Waals surface area contributed by atoms with Gasteiger partial charge in [0, 0.05) is 0 Å². The molecule has 6 rings (SSSR count). The molecule has 4 heterocycles. The van der Waals surface area contributed by atoms with Crippen molar-refractivity contribution < 1.29 is 0 Å². The summed E-state index contributed by atoms with van der Waals surface area (Å²) in [5.74, 6) is 0. The molecule has 0 bridgehead atoms. The van der Waals surface area contributed by atoms with Crippen LogP contribution < -0.4 is 0 Å². The van der Waals surface area contributed by atoms with Gasteiger partial charge in [-0.15, -0.1) is 0 Å². The van der Waals surface area contributed by atoms with E-state index in [1.807, 2.05) is 0 Å². The Morgan fingerprint density at radius 1 is 0.375 bits per heavy atom. The fraction of sp³-hybridized carbons (Fsp3) is 0. The van der Waals surface area contributed by atoms with Crippen molar-refractivity contribution in [3.05, 3.63) is 64.9 Å². The van der Waals surface area contributed by atoms with E-state index >= 15 is 0 Å². The van der Waals surface area contributed by atoms with Crippen LogP contribution in [0, 0.1) is 0 Å². The van der Waals surface area contributed by atoms with E-state index in [-0.39, 0.29) is 81.7 Å². The topological polar surface area (TPSA) is 0 Å². The summed E-state index contributed by atoms with van der Waals surface area (Å²) in [6, 6.07) is 18.9. The van der Waals surface area contributed by atoms with E-state index in [0.717, 1.165) is 0 Å². The van der Waals surface area contributed by atoms with Crippen molar-refractivity contribution in [1.29, 1.82) is 0 Å². The third kappa shape index (κ3) is 3.28. The van der Waals surface area contributed by atoms with Crippen molar-refractivity contribution in [2.75, 3.05) is 0 Å². The molecule has 0 spiro atoms. The summed E-state index contributed by atoms with van der Waals surface area (Å²) in [7, 11) is 0. The third-order valence-electron chi connectivity index (χ3n) is 4.05. The van der Waals surface area contributed by atoms with Crippen molar-refractivity contribution >= 4 is 117 Å². The maximum absolute atomic E-state index is 2.42. The number of fused-ring (bicyclic) bond motifs is 4. The van der Waals surface area contributed by atoms with Crippen LogP contribution in [0.3, 0.4) is 0 Å².